The van der Waals surface area contributed by atoms with Crippen LogP contribution >= 0.6 is 24.8 Å². The number of nitrogens with zero attached hydrogens (tertiary/aromatic N) is 2. The summed E-state index contributed by atoms with van der Waals surface area (Å²) < 4.78 is 19.2. The molecule has 0 unspecified atom stereocenters. The topological polar surface area (TPSA) is 59.1 Å². The minimum absolute atomic E-state index is 0. The zero-order chi connectivity index (χ0) is 17.5. The average Bonchev–Trinajstić information content (AvgIpc) is 2.87. The normalized spacial score (nSPS) is 13.0. The van der Waals surface area contributed by atoms with E-state index in [9.17, 15) is 4.39 Å². The molecule has 0 fully saturated rings. The van der Waals surface area contributed by atoms with Crippen LogP contribution in [-0.2, 0) is 30.6 Å². The Balaban J connectivity index is 0.00000182. The highest BCUT2D eigenvalue weighted by Crippen LogP contribution is 2.20. The van der Waals surface area contributed by atoms with Gasteiger partial charge in [-0.05, 0) is 37.9 Å². The molecule has 5 nitrogen and oxygen atoms in total. The lowest BCUT2D eigenvalue weighted by Gasteiger charge is -2.15. The van der Waals surface area contributed by atoms with Gasteiger partial charge in [-0.2, -0.15) is 0 Å². The Morgan fingerprint density at radius 3 is 2.70 bits per heavy atom. The van der Waals surface area contributed by atoms with Crippen molar-refractivity contribution in [1.82, 2.24) is 15.3 Å². The third kappa shape index (κ3) is 6.57. The summed E-state index contributed by atoms with van der Waals surface area (Å²) in [5, 5.41) is 6.79. The molecule has 0 aliphatic carbocycles. The number of aromatic nitrogens is 2. The largest absolute Gasteiger partial charge is 0.374 e. The molecule has 1 aliphatic heterocycles. The van der Waals surface area contributed by atoms with Gasteiger partial charge in [0.25, 0.3) is 0 Å². The molecule has 2 aromatic rings. The number of rotatable bonds is 7. The minimum Gasteiger partial charge on any atom is -0.374 e. The number of anilines is 1. The van der Waals surface area contributed by atoms with Crippen molar-refractivity contribution in [3.63, 3.8) is 0 Å². The number of hydrogen-bond acceptors (Lipinski definition) is 5. The highest BCUT2D eigenvalue weighted by Gasteiger charge is 2.16. The molecule has 0 radical (unpaired) electrons. The molecule has 3 rings (SSSR count). The number of halogens is 3. The monoisotopic (exact) mass is 416 g/mol. The fourth-order valence-electron chi connectivity index (χ4n) is 3.02. The summed E-state index contributed by atoms with van der Waals surface area (Å²) in [6, 6.07) is 6.89. The number of hydrogen-bond donors (Lipinski definition) is 2. The lowest BCUT2D eigenvalue weighted by molar-refractivity contribution is 0.128. The predicted molar refractivity (Wildman–Crippen MR) is 111 cm³/mol. The molecule has 0 atom stereocenters. The van der Waals surface area contributed by atoms with Gasteiger partial charge in [-0.3, -0.25) is 0 Å². The van der Waals surface area contributed by atoms with Gasteiger partial charge in [0.05, 0.1) is 5.69 Å². The third-order valence-corrected chi connectivity index (χ3v) is 4.31. The van der Waals surface area contributed by atoms with Crippen LogP contribution < -0.4 is 10.6 Å². The van der Waals surface area contributed by atoms with E-state index in [1.54, 1.807) is 6.07 Å². The Labute approximate surface area is 172 Å². The smallest absolute Gasteiger partial charge is 0.156 e. The van der Waals surface area contributed by atoms with Crippen molar-refractivity contribution in [2.24, 2.45) is 0 Å². The second kappa shape index (κ2) is 12.1. The molecule has 0 spiro atoms. The van der Waals surface area contributed by atoms with E-state index in [0.717, 1.165) is 37.4 Å². The third-order valence-electron chi connectivity index (χ3n) is 4.31. The van der Waals surface area contributed by atoms with Crippen molar-refractivity contribution >= 4 is 30.6 Å². The van der Waals surface area contributed by atoms with Crippen LogP contribution in [0.4, 0.5) is 10.2 Å². The molecule has 0 saturated heterocycles. The number of fused-ring (bicyclic) bond motifs is 1. The molecule has 1 aliphatic rings. The minimum atomic E-state index is -0.160. The van der Waals surface area contributed by atoms with Crippen LogP contribution in [0.1, 0.15) is 29.6 Å². The van der Waals surface area contributed by atoms with Crippen molar-refractivity contribution in [2.45, 2.75) is 32.8 Å². The van der Waals surface area contributed by atoms with Crippen molar-refractivity contribution < 1.29 is 9.13 Å². The zero-order valence-corrected chi connectivity index (χ0v) is 17.1. The van der Waals surface area contributed by atoms with Crippen LogP contribution in [0, 0.1) is 5.82 Å². The van der Waals surface area contributed by atoms with E-state index in [4.69, 9.17) is 4.74 Å². The maximum absolute atomic E-state index is 13.8. The number of nitrogens with one attached hydrogen (secondary N) is 2. The summed E-state index contributed by atoms with van der Waals surface area (Å²) in [5.74, 6) is 1.41. The molecule has 2 heterocycles. The molecular weight excluding hydrogens is 390 g/mol. The van der Waals surface area contributed by atoms with E-state index in [2.05, 4.69) is 20.6 Å². The van der Waals surface area contributed by atoms with Gasteiger partial charge in [0.1, 0.15) is 18.2 Å². The zero-order valence-electron chi connectivity index (χ0n) is 15.5. The summed E-state index contributed by atoms with van der Waals surface area (Å²) in [6.45, 7) is 5.49. The van der Waals surface area contributed by atoms with Crippen molar-refractivity contribution in [3.05, 3.63) is 52.7 Å². The van der Waals surface area contributed by atoms with E-state index >= 15 is 0 Å². The quantitative estimate of drug-likeness (QED) is 0.724. The Morgan fingerprint density at radius 1 is 1.15 bits per heavy atom. The maximum Gasteiger partial charge on any atom is 0.156 e. The van der Waals surface area contributed by atoms with Crippen molar-refractivity contribution in [2.75, 3.05) is 31.6 Å². The van der Waals surface area contributed by atoms with Crippen LogP contribution in [0.3, 0.4) is 0 Å². The van der Waals surface area contributed by atoms with E-state index in [-0.39, 0.29) is 30.6 Å². The van der Waals surface area contributed by atoms with E-state index in [1.165, 1.54) is 11.6 Å². The first-order valence-corrected chi connectivity index (χ1v) is 8.92. The highest BCUT2D eigenvalue weighted by atomic mass is 35.5. The van der Waals surface area contributed by atoms with Crippen molar-refractivity contribution in [1.29, 1.82) is 0 Å². The van der Waals surface area contributed by atoms with E-state index in [0.29, 0.717) is 37.6 Å². The van der Waals surface area contributed by atoms with Crippen LogP contribution in [0.15, 0.2) is 24.3 Å². The second-order valence-corrected chi connectivity index (χ2v) is 6.07. The molecule has 0 amide bonds. The molecule has 1 aromatic carbocycles. The molecular formula is C19H27Cl2FN4O. The SMILES string of the molecule is CCOCc1nc2c(c(NCCc3ccccc3F)n1)CCNCC2.Cl.Cl. The van der Waals surface area contributed by atoms with Gasteiger partial charge in [-0.1, -0.05) is 18.2 Å². The van der Waals surface area contributed by atoms with Crippen LogP contribution in [0.5, 0.6) is 0 Å². The molecule has 0 bridgehead atoms. The summed E-state index contributed by atoms with van der Waals surface area (Å²) >= 11 is 0. The lowest BCUT2D eigenvalue weighted by atomic mass is 10.1. The van der Waals surface area contributed by atoms with Crippen LogP contribution in [0.25, 0.3) is 0 Å². The highest BCUT2D eigenvalue weighted by molar-refractivity contribution is 5.85. The molecule has 8 heteroatoms. The standard InChI is InChI=1S/C19H25FN4O.2ClH/c1-2-25-13-18-23-17-9-11-21-10-8-15(17)19(24-18)22-12-7-14-5-3-4-6-16(14)20;;/h3-6,21H,2,7-13H2,1H3,(H,22,23,24);2*1H. The number of benzene rings is 1. The van der Waals surface area contributed by atoms with E-state index in [1.807, 2.05) is 19.1 Å². The maximum atomic E-state index is 13.8. The molecule has 150 valence electrons. The Morgan fingerprint density at radius 2 is 1.93 bits per heavy atom. The first-order valence-electron chi connectivity index (χ1n) is 8.92. The van der Waals surface area contributed by atoms with Gasteiger partial charge < -0.3 is 15.4 Å². The Hall–Kier alpha value is -1.47. The fraction of sp³-hybridized carbons (Fsp3) is 0.474. The van der Waals surface area contributed by atoms with Gasteiger partial charge in [-0.25, -0.2) is 14.4 Å². The molecule has 27 heavy (non-hydrogen) atoms. The average molecular weight is 417 g/mol. The summed E-state index contributed by atoms with van der Waals surface area (Å²) in [7, 11) is 0. The first-order chi connectivity index (χ1) is 12.3. The summed E-state index contributed by atoms with van der Waals surface area (Å²) in [5.41, 5.74) is 2.97. The molecule has 1 aromatic heterocycles. The summed E-state index contributed by atoms with van der Waals surface area (Å²) in [6.07, 6.45) is 2.40. The first kappa shape index (κ1) is 23.6. The van der Waals surface area contributed by atoms with Gasteiger partial charge in [-0.15, -0.1) is 24.8 Å². The van der Waals surface area contributed by atoms with Gasteiger partial charge in [0, 0.05) is 31.7 Å². The lowest BCUT2D eigenvalue weighted by Crippen LogP contribution is -2.16. The second-order valence-electron chi connectivity index (χ2n) is 6.07. The molecule has 0 saturated carbocycles. The number of ether oxygens (including phenoxy) is 1. The van der Waals surface area contributed by atoms with Gasteiger partial charge >= 0.3 is 0 Å². The fourth-order valence-corrected chi connectivity index (χ4v) is 3.02. The van der Waals surface area contributed by atoms with Crippen LogP contribution in [0.2, 0.25) is 0 Å². The van der Waals surface area contributed by atoms with Gasteiger partial charge in [0.2, 0.25) is 0 Å². The van der Waals surface area contributed by atoms with E-state index < -0.39 is 0 Å². The predicted octanol–water partition coefficient (Wildman–Crippen LogP) is 3.34. The summed E-state index contributed by atoms with van der Waals surface area (Å²) in [4.78, 5) is 9.33. The van der Waals surface area contributed by atoms with Crippen molar-refractivity contribution in [3.8, 4) is 0 Å². The Bertz CT molecular complexity index is 718. The van der Waals surface area contributed by atoms with Crippen LogP contribution in [-0.4, -0.2) is 36.2 Å². The molecule has 2 N–H and O–H groups in total. The Kier molecular flexibility index (Phi) is 10.5. The van der Waals surface area contributed by atoms with Gasteiger partial charge in [0.15, 0.2) is 5.82 Å².